The molecule has 154 valence electrons. The molecular weight excluding hydrogens is 381 g/mol. The van der Waals surface area contributed by atoms with Crippen molar-refractivity contribution in [3.8, 4) is 0 Å². The third-order valence-corrected chi connectivity index (χ3v) is 5.82. The molecule has 1 atom stereocenters. The van der Waals surface area contributed by atoms with Crippen molar-refractivity contribution in [2.75, 3.05) is 23.9 Å². The van der Waals surface area contributed by atoms with Crippen LogP contribution in [0.25, 0.3) is 0 Å². The van der Waals surface area contributed by atoms with Crippen molar-refractivity contribution in [1.29, 1.82) is 0 Å². The second-order valence-corrected chi connectivity index (χ2v) is 7.90. The van der Waals surface area contributed by atoms with Crippen LogP contribution in [-0.2, 0) is 18.6 Å². The molecule has 0 saturated heterocycles. The highest BCUT2D eigenvalue weighted by atomic mass is 19.1. The second-order valence-electron chi connectivity index (χ2n) is 7.90. The molecule has 1 unspecified atom stereocenters. The molecule has 0 radical (unpaired) electrons. The molecule has 0 bridgehead atoms. The number of nitrogens with zero attached hydrogens (tertiary/aromatic N) is 3. The van der Waals surface area contributed by atoms with E-state index in [4.69, 9.17) is 5.73 Å². The van der Waals surface area contributed by atoms with Crippen molar-refractivity contribution in [1.82, 2.24) is 20.7 Å². The van der Waals surface area contributed by atoms with Crippen LogP contribution in [0.15, 0.2) is 42.6 Å². The summed E-state index contributed by atoms with van der Waals surface area (Å²) in [7, 11) is 1.85. The van der Waals surface area contributed by atoms with Gasteiger partial charge in [-0.3, -0.25) is 5.01 Å². The Bertz CT molecular complexity index is 1130. The Balaban J connectivity index is 1.47. The Morgan fingerprint density at radius 2 is 2.03 bits per heavy atom. The van der Waals surface area contributed by atoms with E-state index in [2.05, 4.69) is 44.2 Å². The lowest BCUT2D eigenvalue weighted by Gasteiger charge is -2.28. The summed E-state index contributed by atoms with van der Waals surface area (Å²) < 4.78 is 13.6. The van der Waals surface area contributed by atoms with Gasteiger partial charge in [-0.1, -0.05) is 12.1 Å². The molecule has 30 heavy (non-hydrogen) atoms. The lowest BCUT2D eigenvalue weighted by Crippen LogP contribution is -2.52. The minimum absolute atomic E-state index is 0.289. The van der Waals surface area contributed by atoms with Gasteiger partial charge in [-0.25, -0.2) is 14.8 Å². The summed E-state index contributed by atoms with van der Waals surface area (Å²) >= 11 is 0. The van der Waals surface area contributed by atoms with Crippen LogP contribution >= 0.6 is 0 Å². The smallest absolute Gasteiger partial charge is 0.229 e. The summed E-state index contributed by atoms with van der Waals surface area (Å²) in [5.74, 6) is 0.882. The topological polar surface area (TPSA) is 91.1 Å². The SMILES string of the molecule is Cc1cc(F)ccc1C1(N)NN(C)c2nc(Nc3ccc4c(c3)CNCC4)ncc21. The average molecular weight is 405 g/mol. The Morgan fingerprint density at radius 3 is 2.87 bits per heavy atom. The Kier molecular flexibility index (Phi) is 4.43. The van der Waals surface area contributed by atoms with E-state index < -0.39 is 5.66 Å². The number of hydrogen-bond acceptors (Lipinski definition) is 7. The van der Waals surface area contributed by atoms with Crippen molar-refractivity contribution in [2.24, 2.45) is 5.73 Å². The maximum absolute atomic E-state index is 13.6. The number of rotatable bonds is 3. The number of aromatic nitrogens is 2. The highest BCUT2D eigenvalue weighted by Crippen LogP contribution is 2.38. The minimum atomic E-state index is -1.03. The molecule has 3 aromatic rings. The largest absolute Gasteiger partial charge is 0.324 e. The Morgan fingerprint density at radius 1 is 1.17 bits per heavy atom. The summed E-state index contributed by atoms with van der Waals surface area (Å²) in [6.07, 6.45) is 2.77. The number of nitrogens with two attached hydrogens (primary N) is 1. The van der Waals surface area contributed by atoms with Crippen LogP contribution < -0.4 is 26.8 Å². The van der Waals surface area contributed by atoms with Crippen LogP contribution in [0.1, 0.15) is 27.8 Å². The van der Waals surface area contributed by atoms with Crippen molar-refractivity contribution in [2.45, 2.75) is 25.6 Å². The van der Waals surface area contributed by atoms with E-state index in [0.29, 0.717) is 11.8 Å². The Labute approximate surface area is 174 Å². The zero-order valence-corrected chi connectivity index (χ0v) is 17.0. The predicted octanol–water partition coefficient (Wildman–Crippen LogP) is 2.43. The van der Waals surface area contributed by atoms with Crippen LogP contribution in [0, 0.1) is 12.7 Å². The molecule has 0 spiro atoms. The molecule has 3 heterocycles. The van der Waals surface area contributed by atoms with E-state index in [-0.39, 0.29) is 5.82 Å². The highest BCUT2D eigenvalue weighted by Gasteiger charge is 2.42. The fourth-order valence-corrected chi connectivity index (χ4v) is 4.31. The highest BCUT2D eigenvalue weighted by molar-refractivity contribution is 5.63. The van der Waals surface area contributed by atoms with E-state index in [0.717, 1.165) is 41.9 Å². The first-order chi connectivity index (χ1) is 14.4. The molecule has 2 aromatic carbocycles. The number of anilines is 3. The predicted molar refractivity (Wildman–Crippen MR) is 115 cm³/mol. The van der Waals surface area contributed by atoms with E-state index >= 15 is 0 Å². The standard InChI is InChI=1S/C22H24FN7/c1-13-9-16(23)4-6-18(13)22(24)19-12-26-21(28-20(19)30(2)29-22)27-17-5-3-14-7-8-25-11-15(14)10-17/h3-6,9-10,12,25,29H,7-8,11,24H2,1-2H3,(H,26,27,28). The molecule has 0 aliphatic carbocycles. The fraction of sp³-hybridized carbons (Fsp3) is 0.273. The van der Waals surface area contributed by atoms with Gasteiger partial charge in [-0.2, -0.15) is 4.98 Å². The van der Waals surface area contributed by atoms with Crippen molar-refractivity contribution >= 4 is 17.5 Å². The van der Waals surface area contributed by atoms with Gasteiger partial charge in [-0.05, 0) is 66.4 Å². The maximum Gasteiger partial charge on any atom is 0.229 e. The van der Waals surface area contributed by atoms with Crippen LogP contribution in [0.5, 0.6) is 0 Å². The molecular formula is C22H24FN7. The first-order valence-electron chi connectivity index (χ1n) is 9.98. The van der Waals surface area contributed by atoms with Crippen LogP contribution in [0.4, 0.5) is 21.8 Å². The van der Waals surface area contributed by atoms with Gasteiger partial charge in [0.05, 0.1) is 5.56 Å². The van der Waals surface area contributed by atoms with Crippen molar-refractivity contribution in [3.63, 3.8) is 0 Å². The van der Waals surface area contributed by atoms with Crippen LogP contribution in [0.2, 0.25) is 0 Å². The second kappa shape index (κ2) is 7.02. The zero-order chi connectivity index (χ0) is 20.9. The number of hydrogen-bond donors (Lipinski definition) is 4. The molecule has 8 heteroatoms. The van der Waals surface area contributed by atoms with Gasteiger partial charge in [0, 0.05) is 25.5 Å². The van der Waals surface area contributed by atoms with Crippen LogP contribution in [-0.4, -0.2) is 23.6 Å². The summed E-state index contributed by atoms with van der Waals surface area (Å²) in [5, 5.41) is 8.47. The van der Waals surface area contributed by atoms with Gasteiger partial charge in [0.2, 0.25) is 5.95 Å². The monoisotopic (exact) mass is 405 g/mol. The van der Waals surface area contributed by atoms with E-state index in [9.17, 15) is 4.39 Å². The third-order valence-electron chi connectivity index (χ3n) is 5.82. The van der Waals surface area contributed by atoms with Gasteiger partial charge in [0.1, 0.15) is 11.5 Å². The third kappa shape index (κ3) is 3.09. The first-order valence-corrected chi connectivity index (χ1v) is 9.98. The van der Waals surface area contributed by atoms with Gasteiger partial charge >= 0.3 is 0 Å². The first kappa shape index (κ1) is 18.9. The number of benzene rings is 2. The van der Waals surface area contributed by atoms with Crippen LogP contribution in [0.3, 0.4) is 0 Å². The molecule has 0 fully saturated rings. The quantitative estimate of drug-likeness (QED) is 0.532. The maximum atomic E-state index is 13.6. The van der Waals surface area contributed by atoms with E-state index in [1.807, 2.05) is 14.0 Å². The number of hydrazine groups is 1. The summed E-state index contributed by atoms with van der Waals surface area (Å²) in [4.78, 5) is 9.18. The lowest BCUT2D eigenvalue weighted by molar-refractivity contribution is 0.443. The number of nitrogens with one attached hydrogen (secondary N) is 3. The average Bonchev–Trinajstić information content (AvgIpc) is 2.98. The molecule has 7 nitrogen and oxygen atoms in total. The zero-order valence-electron chi connectivity index (χ0n) is 17.0. The Hall–Kier alpha value is -3.07. The number of aryl methyl sites for hydroxylation is 1. The number of halogens is 1. The molecule has 5 N–H and O–H groups in total. The van der Waals surface area contributed by atoms with E-state index in [1.165, 1.54) is 23.3 Å². The molecule has 2 aliphatic rings. The molecule has 2 aliphatic heterocycles. The normalized spacial score (nSPS) is 20.1. The minimum Gasteiger partial charge on any atom is -0.324 e. The van der Waals surface area contributed by atoms with Gasteiger partial charge < -0.3 is 16.4 Å². The van der Waals surface area contributed by atoms with Gasteiger partial charge in [0.15, 0.2) is 5.82 Å². The summed E-state index contributed by atoms with van der Waals surface area (Å²) in [5.41, 5.74) is 14.8. The molecule has 0 amide bonds. The summed E-state index contributed by atoms with van der Waals surface area (Å²) in [6.45, 7) is 3.73. The molecule has 0 saturated carbocycles. The lowest BCUT2D eigenvalue weighted by atomic mass is 9.91. The fourth-order valence-electron chi connectivity index (χ4n) is 4.31. The molecule has 5 rings (SSSR count). The van der Waals surface area contributed by atoms with Crippen molar-refractivity contribution in [3.05, 3.63) is 76.2 Å². The van der Waals surface area contributed by atoms with Crippen molar-refractivity contribution < 1.29 is 4.39 Å². The number of fused-ring (bicyclic) bond motifs is 2. The van der Waals surface area contributed by atoms with Gasteiger partial charge in [0.25, 0.3) is 0 Å². The van der Waals surface area contributed by atoms with Gasteiger partial charge in [-0.15, -0.1) is 0 Å². The summed E-state index contributed by atoms with van der Waals surface area (Å²) in [6, 6.07) is 10.9. The molecule has 1 aromatic heterocycles. The van der Waals surface area contributed by atoms with E-state index in [1.54, 1.807) is 17.3 Å².